The minimum atomic E-state index is -0.981. The highest BCUT2D eigenvalue weighted by molar-refractivity contribution is 5.73. The molecule has 0 aromatic rings. The van der Waals surface area contributed by atoms with Crippen molar-refractivity contribution in [2.45, 2.75) is 32.2 Å². The molecule has 0 amide bonds. The van der Waals surface area contributed by atoms with E-state index in [1.807, 2.05) is 6.92 Å². The molecule has 0 saturated heterocycles. The van der Waals surface area contributed by atoms with Crippen molar-refractivity contribution in [3.63, 3.8) is 0 Å². The summed E-state index contributed by atoms with van der Waals surface area (Å²) in [4.78, 5) is 10.4. The zero-order valence-electron chi connectivity index (χ0n) is 6.96. The van der Waals surface area contributed by atoms with E-state index in [4.69, 9.17) is 6.54 Å². The van der Waals surface area contributed by atoms with Crippen LogP contribution in [0, 0.1) is 0 Å². The van der Waals surface area contributed by atoms with Gasteiger partial charge >= 0.3 is 5.97 Å². The van der Waals surface area contributed by atoms with Gasteiger partial charge < -0.3 is 10.3 Å². The second-order valence-electron chi connectivity index (χ2n) is 2.15. The average molecular weight is 148 g/mol. The third-order valence-electron chi connectivity index (χ3n) is 1.29. The number of hydrogen-bond acceptors (Lipinski definition) is 3. The van der Waals surface area contributed by atoms with Gasteiger partial charge in [-0.2, -0.15) is 5.48 Å². The SMILES string of the molecule is [2H]ON[C@@H](CCCC)C(=O)O. The van der Waals surface area contributed by atoms with Crippen molar-refractivity contribution in [3.05, 3.63) is 0 Å². The highest BCUT2D eigenvalue weighted by atomic mass is 16.5. The average Bonchev–Trinajstić information content (AvgIpc) is 1.97. The molecule has 0 heterocycles. The molecule has 0 aliphatic heterocycles. The number of carboxylic acid groups (broad SMARTS) is 1. The van der Waals surface area contributed by atoms with Crippen molar-refractivity contribution in [3.8, 4) is 0 Å². The summed E-state index contributed by atoms with van der Waals surface area (Å²) >= 11 is 0. The highest BCUT2D eigenvalue weighted by Gasteiger charge is 2.13. The van der Waals surface area contributed by atoms with Gasteiger partial charge in [0, 0.05) is 0 Å². The Balaban J connectivity index is 3.60. The Hall–Kier alpha value is -0.610. The van der Waals surface area contributed by atoms with Crippen molar-refractivity contribution >= 4 is 5.97 Å². The molecule has 0 aliphatic carbocycles. The van der Waals surface area contributed by atoms with E-state index in [-0.39, 0.29) is 0 Å². The van der Waals surface area contributed by atoms with Crippen LogP contribution in [0.1, 0.15) is 26.2 Å². The molecule has 60 valence electrons. The Bertz CT molecular complexity index is 120. The van der Waals surface area contributed by atoms with Crippen LogP contribution in [0.15, 0.2) is 0 Å². The molecule has 0 aliphatic rings. The molecule has 0 aromatic carbocycles. The lowest BCUT2D eigenvalue weighted by Crippen LogP contribution is -2.33. The lowest BCUT2D eigenvalue weighted by atomic mass is 10.1. The normalized spacial score (nSPS) is 14.3. The third-order valence-corrected chi connectivity index (χ3v) is 1.29. The first-order valence-corrected chi connectivity index (χ1v) is 3.32. The maximum absolute atomic E-state index is 10.4. The van der Waals surface area contributed by atoms with Crippen molar-refractivity contribution in [1.29, 1.82) is 0 Å². The first-order valence-electron chi connectivity index (χ1n) is 3.73. The number of nitrogens with one attached hydrogen (secondary N) is 1. The van der Waals surface area contributed by atoms with Gasteiger partial charge in [0.15, 0.2) is 0 Å². The van der Waals surface area contributed by atoms with Crippen LogP contribution in [0.2, 0.25) is 1.43 Å². The molecule has 0 spiro atoms. The molecule has 1 atom stereocenters. The molecule has 0 saturated carbocycles. The number of carbonyl (C=O) groups is 1. The summed E-state index contributed by atoms with van der Waals surface area (Å²) in [5.74, 6) is -0.981. The number of unbranched alkanes of at least 4 members (excludes halogenated alkanes) is 1. The fraction of sp³-hybridized carbons (Fsp3) is 0.833. The van der Waals surface area contributed by atoms with E-state index in [1.54, 1.807) is 0 Å². The topological polar surface area (TPSA) is 69.6 Å². The van der Waals surface area contributed by atoms with Crippen LogP contribution in [0.25, 0.3) is 0 Å². The number of hydrogen-bond donors (Lipinski definition) is 3. The third kappa shape index (κ3) is 3.42. The van der Waals surface area contributed by atoms with Crippen molar-refractivity contribution in [2.24, 2.45) is 0 Å². The molecular weight excluding hydrogens is 134 g/mol. The second-order valence-corrected chi connectivity index (χ2v) is 2.15. The van der Waals surface area contributed by atoms with E-state index < -0.39 is 12.0 Å². The monoisotopic (exact) mass is 148 g/mol. The van der Waals surface area contributed by atoms with Gasteiger partial charge in [-0.1, -0.05) is 19.8 Å². The fourth-order valence-corrected chi connectivity index (χ4v) is 0.641. The van der Waals surface area contributed by atoms with Crippen molar-refractivity contribution in [1.82, 2.24) is 5.48 Å². The quantitative estimate of drug-likeness (QED) is 0.483. The van der Waals surface area contributed by atoms with Gasteiger partial charge in [-0.15, -0.1) is 0 Å². The molecule has 0 radical (unpaired) electrons. The van der Waals surface area contributed by atoms with Crippen LogP contribution in [0.3, 0.4) is 0 Å². The minimum absolute atomic E-state index is 0.491. The Kier molecular flexibility index (Phi) is 3.90. The molecule has 0 bridgehead atoms. The summed E-state index contributed by atoms with van der Waals surface area (Å²) in [6, 6.07) is -0.757. The maximum atomic E-state index is 10.4. The molecule has 0 rings (SSSR count). The van der Waals surface area contributed by atoms with Crippen LogP contribution in [-0.4, -0.2) is 22.3 Å². The van der Waals surface area contributed by atoms with Crippen LogP contribution in [-0.2, 0) is 4.79 Å². The molecule has 0 unspecified atom stereocenters. The number of rotatable bonds is 6. The van der Waals surface area contributed by atoms with E-state index in [0.29, 0.717) is 6.42 Å². The molecule has 3 N–H and O–H groups in total. The van der Waals surface area contributed by atoms with Crippen LogP contribution >= 0.6 is 0 Å². The lowest BCUT2D eigenvalue weighted by molar-refractivity contribution is -0.142. The van der Waals surface area contributed by atoms with E-state index >= 15 is 0 Å². The molecule has 4 nitrogen and oxygen atoms in total. The van der Waals surface area contributed by atoms with E-state index in [9.17, 15) is 4.79 Å². The van der Waals surface area contributed by atoms with Crippen LogP contribution < -0.4 is 5.48 Å². The molecule has 0 fully saturated rings. The number of aliphatic carboxylic acids is 1. The number of hydroxylamine groups is 1. The van der Waals surface area contributed by atoms with Crippen LogP contribution in [0.4, 0.5) is 0 Å². The summed E-state index contributed by atoms with van der Waals surface area (Å²) in [5, 5.41) is 12.3. The zero-order chi connectivity index (χ0) is 8.69. The predicted octanol–water partition coefficient (Wildman–Crippen LogP) is 0.609. The summed E-state index contributed by atoms with van der Waals surface area (Å²) < 4.78 is 6.29. The Morgan fingerprint density at radius 1 is 1.90 bits per heavy atom. The fourth-order valence-electron chi connectivity index (χ4n) is 0.641. The highest BCUT2D eigenvalue weighted by Crippen LogP contribution is 1.99. The van der Waals surface area contributed by atoms with Crippen molar-refractivity contribution in [2.75, 3.05) is 0 Å². The standard InChI is InChI=1S/C6H13NO3/c1-2-3-4-5(7-10)6(8)9/h5,7,10H,2-4H2,1H3,(H,8,9)/t5-/m0/s1/i10D. The second kappa shape index (κ2) is 5.20. The molecule has 0 aromatic heterocycles. The Morgan fingerprint density at radius 2 is 2.60 bits per heavy atom. The van der Waals surface area contributed by atoms with E-state index in [1.165, 1.54) is 0 Å². The Labute approximate surface area is 61.3 Å². The maximum Gasteiger partial charge on any atom is 0.323 e. The van der Waals surface area contributed by atoms with Gasteiger partial charge in [0.25, 0.3) is 0 Å². The van der Waals surface area contributed by atoms with E-state index in [2.05, 4.69) is 10.7 Å². The summed E-state index contributed by atoms with van der Waals surface area (Å²) in [6.07, 6.45) is 2.24. The Morgan fingerprint density at radius 3 is 3.00 bits per heavy atom. The van der Waals surface area contributed by atoms with Crippen LogP contribution in [0.5, 0.6) is 0 Å². The molecule has 10 heavy (non-hydrogen) atoms. The first kappa shape index (κ1) is 7.50. The molecular formula is C6H13NO3. The summed E-state index contributed by atoms with van der Waals surface area (Å²) in [5.41, 5.74) is 2.08. The van der Waals surface area contributed by atoms with Gasteiger partial charge in [-0.05, 0) is 6.42 Å². The van der Waals surface area contributed by atoms with Crippen molar-refractivity contribution < 1.29 is 16.5 Å². The minimum Gasteiger partial charge on any atom is -0.480 e. The lowest BCUT2D eigenvalue weighted by Gasteiger charge is -2.07. The van der Waals surface area contributed by atoms with E-state index in [0.717, 1.165) is 12.8 Å². The van der Waals surface area contributed by atoms with Gasteiger partial charge in [0.1, 0.15) is 6.04 Å². The largest absolute Gasteiger partial charge is 0.480 e. The van der Waals surface area contributed by atoms with Gasteiger partial charge in [0.05, 0.1) is 0 Å². The molecule has 4 heteroatoms. The summed E-state index contributed by atoms with van der Waals surface area (Å²) in [7, 11) is 0. The zero-order valence-corrected chi connectivity index (χ0v) is 5.96. The van der Waals surface area contributed by atoms with Gasteiger partial charge in [-0.3, -0.25) is 4.79 Å². The van der Waals surface area contributed by atoms with Gasteiger partial charge in [-0.25, -0.2) is 0 Å². The smallest absolute Gasteiger partial charge is 0.323 e. The number of carboxylic acids is 1. The van der Waals surface area contributed by atoms with Gasteiger partial charge in [0.2, 0.25) is 1.43 Å². The first-order chi connectivity index (χ1) is 5.22. The predicted molar refractivity (Wildman–Crippen MR) is 35.9 cm³/mol. The summed E-state index contributed by atoms with van der Waals surface area (Å²) in [6.45, 7) is 1.97.